The normalized spacial score (nSPS) is 15.1. The van der Waals surface area contributed by atoms with Crippen molar-refractivity contribution < 1.29 is 0 Å². The zero-order valence-electron chi connectivity index (χ0n) is 31.6. The third-order valence-electron chi connectivity index (χ3n) is 11.4. The maximum atomic E-state index is 9.49. The van der Waals surface area contributed by atoms with Crippen LogP contribution in [0.15, 0.2) is 187 Å². The van der Waals surface area contributed by atoms with Crippen molar-refractivity contribution >= 4 is 60.5 Å². The summed E-state index contributed by atoms with van der Waals surface area (Å²) < 4.78 is 5.09. The second kappa shape index (κ2) is 14.7. The van der Waals surface area contributed by atoms with E-state index in [4.69, 9.17) is 5.10 Å². The number of amidine groups is 1. The number of hydrogen-bond acceptors (Lipinski definition) is 3. The Morgan fingerprint density at radius 1 is 0.702 bits per heavy atom. The number of thiophene rings is 1. The van der Waals surface area contributed by atoms with Crippen LogP contribution in [-0.2, 0) is 6.54 Å². The van der Waals surface area contributed by atoms with Gasteiger partial charge in [-0.05, 0) is 63.6 Å². The molecule has 0 fully saturated rings. The number of rotatable bonds is 8. The summed E-state index contributed by atoms with van der Waals surface area (Å²) in [6.07, 6.45) is 6.60. The van der Waals surface area contributed by atoms with E-state index < -0.39 is 0 Å². The Morgan fingerprint density at radius 3 is 2.18 bits per heavy atom. The fourth-order valence-corrected chi connectivity index (χ4v) is 10.0. The average Bonchev–Trinajstić information content (AvgIpc) is 3.83. The van der Waals surface area contributed by atoms with Gasteiger partial charge in [-0.3, -0.25) is 5.41 Å². The Bertz CT molecular complexity index is 2980. The topological polar surface area (TPSA) is 44.4 Å². The minimum absolute atomic E-state index is 0.210. The van der Waals surface area contributed by atoms with Crippen molar-refractivity contribution in [2.24, 2.45) is 5.10 Å². The Morgan fingerprint density at radius 2 is 1.37 bits per heavy atom. The molecule has 0 spiro atoms. The molecule has 0 saturated carbocycles. The summed E-state index contributed by atoms with van der Waals surface area (Å²) in [7, 11) is 0. The number of allylic oxidation sites excluding steroid dienone is 1. The quantitative estimate of drug-likeness (QED) is 0.0937. The molecule has 0 radical (unpaired) electrons. The molecule has 10 rings (SSSR count). The summed E-state index contributed by atoms with van der Waals surface area (Å²) in [6, 6.07) is 61.8. The lowest BCUT2D eigenvalue weighted by atomic mass is 9.78. The van der Waals surface area contributed by atoms with Gasteiger partial charge in [0.05, 0.1) is 24.0 Å². The molecule has 5 heteroatoms. The van der Waals surface area contributed by atoms with Gasteiger partial charge in [-0.1, -0.05) is 171 Å². The van der Waals surface area contributed by atoms with E-state index in [2.05, 4.69) is 145 Å². The first kappa shape index (κ1) is 34.7. The molecule has 2 unspecified atom stereocenters. The van der Waals surface area contributed by atoms with Crippen LogP contribution in [0.2, 0.25) is 0 Å². The Balaban J connectivity index is 1.04. The molecular formula is C52H40N4S. The molecule has 57 heavy (non-hydrogen) atoms. The minimum atomic E-state index is 0.210. The standard InChI is InChI=1S/C52H40N4S/c1-35-41(43-26-15-28-45-44-27-14-25-42(50(44)57-51(43)45)38-20-9-4-10-21-38)30-31-48-49(35)46-24-11-12-29-47(46)56(48)40-23-13-22-39(32-40)52(53)55(34-37-18-7-3-8-19-37)54-33-36-16-5-2-6-17-36/h2-33,35,41,53H,34H2,1H3/b53-52?,54-33+. The molecule has 274 valence electrons. The number of para-hydroxylation sites is 1. The van der Waals surface area contributed by atoms with E-state index in [1.165, 1.54) is 59.0 Å². The van der Waals surface area contributed by atoms with E-state index in [1.54, 1.807) is 5.01 Å². The number of hydrazone groups is 1. The van der Waals surface area contributed by atoms with Crippen LogP contribution in [0.4, 0.5) is 0 Å². The first-order chi connectivity index (χ1) is 28.1. The molecule has 9 aromatic rings. The van der Waals surface area contributed by atoms with E-state index in [-0.39, 0.29) is 11.8 Å². The van der Waals surface area contributed by atoms with Crippen LogP contribution in [0.1, 0.15) is 52.3 Å². The van der Waals surface area contributed by atoms with E-state index >= 15 is 0 Å². The SMILES string of the molecule is CC1c2c(n(-c3cccc(C(=N)N(Cc4ccccc4)/N=C/c4ccccc4)c3)c3ccccc23)C=CC1c1cccc2c1sc1c(-c3ccccc3)cccc12. The lowest BCUT2D eigenvalue weighted by molar-refractivity contribution is 0.439. The number of nitrogens with one attached hydrogen (secondary N) is 1. The van der Waals surface area contributed by atoms with Gasteiger partial charge in [-0.15, -0.1) is 11.3 Å². The van der Waals surface area contributed by atoms with Gasteiger partial charge in [0.1, 0.15) is 5.84 Å². The molecule has 2 aromatic heterocycles. The monoisotopic (exact) mass is 752 g/mol. The highest BCUT2D eigenvalue weighted by atomic mass is 32.1. The Kier molecular flexibility index (Phi) is 8.93. The van der Waals surface area contributed by atoms with Gasteiger partial charge >= 0.3 is 0 Å². The molecule has 0 aliphatic heterocycles. The summed E-state index contributed by atoms with van der Waals surface area (Å²) in [5.74, 6) is 0.784. The zero-order valence-corrected chi connectivity index (χ0v) is 32.4. The van der Waals surface area contributed by atoms with Crippen LogP contribution >= 0.6 is 11.3 Å². The number of fused-ring (bicyclic) bond motifs is 6. The minimum Gasteiger partial charge on any atom is -0.310 e. The smallest absolute Gasteiger partial charge is 0.149 e. The number of aromatic nitrogens is 1. The van der Waals surface area contributed by atoms with Crippen LogP contribution in [-0.4, -0.2) is 21.6 Å². The lowest BCUT2D eigenvalue weighted by Crippen LogP contribution is -2.26. The van der Waals surface area contributed by atoms with Gasteiger partial charge < -0.3 is 4.57 Å². The molecule has 2 atom stereocenters. The molecule has 0 saturated heterocycles. The van der Waals surface area contributed by atoms with Crippen LogP contribution in [0, 0.1) is 5.41 Å². The maximum absolute atomic E-state index is 9.49. The van der Waals surface area contributed by atoms with Crippen LogP contribution < -0.4 is 0 Å². The number of hydrogen-bond donors (Lipinski definition) is 1. The maximum Gasteiger partial charge on any atom is 0.149 e. The van der Waals surface area contributed by atoms with Crippen LogP contribution in [0.3, 0.4) is 0 Å². The van der Waals surface area contributed by atoms with Crippen molar-refractivity contribution in [2.45, 2.75) is 25.3 Å². The van der Waals surface area contributed by atoms with Crippen molar-refractivity contribution in [3.8, 4) is 16.8 Å². The molecule has 2 heterocycles. The molecule has 7 aromatic carbocycles. The summed E-state index contributed by atoms with van der Waals surface area (Å²) >= 11 is 1.93. The second-order valence-electron chi connectivity index (χ2n) is 14.8. The zero-order chi connectivity index (χ0) is 38.3. The van der Waals surface area contributed by atoms with Crippen LogP contribution in [0.25, 0.3) is 54.0 Å². The molecular weight excluding hydrogens is 713 g/mol. The van der Waals surface area contributed by atoms with Gasteiger partial charge in [0.2, 0.25) is 0 Å². The predicted octanol–water partition coefficient (Wildman–Crippen LogP) is 13.4. The van der Waals surface area contributed by atoms with E-state index in [0.717, 1.165) is 22.4 Å². The van der Waals surface area contributed by atoms with Gasteiger partial charge in [0.25, 0.3) is 0 Å². The summed E-state index contributed by atoms with van der Waals surface area (Å²) in [5, 5.41) is 20.0. The highest BCUT2D eigenvalue weighted by Crippen LogP contribution is 2.49. The van der Waals surface area contributed by atoms with Gasteiger partial charge in [0, 0.05) is 42.7 Å². The third-order valence-corrected chi connectivity index (χ3v) is 12.7. The highest BCUT2D eigenvalue weighted by Gasteiger charge is 2.31. The molecule has 1 aliphatic carbocycles. The first-order valence-electron chi connectivity index (χ1n) is 19.5. The fraction of sp³-hybridized carbons (Fsp3) is 0.0769. The van der Waals surface area contributed by atoms with E-state index in [9.17, 15) is 5.41 Å². The fourth-order valence-electron chi connectivity index (χ4n) is 8.62. The first-order valence-corrected chi connectivity index (χ1v) is 20.3. The third kappa shape index (κ3) is 6.27. The largest absolute Gasteiger partial charge is 0.310 e. The van der Waals surface area contributed by atoms with E-state index in [1.807, 2.05) is 72.1 Å². The van der Waals surface area contributed by atoms with Crippen molar-refractivity contribution in [3.05, 3.63) is 216 Å². The lowest BCUT2D eigenvalue weighted by Gasteiger charge is -2.27. The molecule has 0 bridgehead atoms. The second-order valence-corrected chi connectivity index (χ2v) is 15.8. The molecule has 1 N–H and O–H groups in total. The Labute approximate surface area is 336 Å². The summed E-state index contributed by atoms with van der Waals surface area (Å²) in [6.45, 7) is 2.88. The van der Waals surface area contributed by atoms with Crippen molar-refractivity contribution in [3.63, 3.8) is 0 Å². The molecule has 0 amide bonds. The average molecular weight is 753 g/mol. The molecule has 4 nitrogen and oxygen atoms in total. The van der Waals surface area contributed by atoms with Crippen molar-refractivity contribution in [2.75, 3.05) is 0 Å². The van der Waals surface area contributed by atoms with Crippen molar-refractivity contribution in [1.29, 1.82) is 5.41 Å². The highest BCUT2D eigenvalue weighted by molar-refractivity contribution is 7.26. The van der Waals surface area contributed by atoms with E-state index in [0.29, 0.717) is 12.4 Å². The predicted molar refractivity (Wildman–Crippen MR) is 241 cm³/mol. The summed E-state index contributed by atoms with van der Waals surface area (Å²) in [4.78, 5) is 0. The molecule has 1 aliphatic rings. The van der Waals surface area contributed by atoms with Gasteiger partial charge in [-0.2, -0.15) is 5.10 Å². The Hall–Kier alpha value is -6.82. The van der Waals surface area contributed by atoms with Gasteiger partial charge in [-0.25, -0.2) is 5.01 Å². The van der Waals surface area contributed by atoms with Gasteiger partial charge in [0.15, 0.2) is 0 Å². The van der Waals surface area contributed by atoms with Crippen molar-refractivity contribution in [1.82, 2.24) is 9.58 Å². The van der Waals surface area contributed by atoms with Crippen LogP contribution in [0.5, 0.6) is 0 Å². The summed E-state index contributed by atoms with van der Waals surface area (Å²) in [5.41, 5.74) is 11.5. The number of benzene rings is 7. The number of nitrogens with zero attached hydrogens (tertiary/aromatic N) is 3.